The summed E-state index contributed by atoms with van der Waals surface area (Å²) in [4.78, 5) is 30.2. The van der Waals surface area contributed by atoms with E-state index in [1.54, 1.807) is 24.7 Å². The Kier molecular flexibility index (Phi) is 5.37. The van der Waals surface area contributed by atoms with Crippen molar-refractivity contribution in [1.82, 2.24) is 15.0 Å². The van der Waals surface area contributed by atoms with Crippen LogP contribution in [0.3, 0.4) is 0 Å². The van der Waals surface area contributed by atoms with Gasteiger partial charge >= 0.3 is 0 Å². The molecule has 1 saturated heterocycles. The van der Waals surface area contributed by atoms with Crippen LogP contribution in [0.25, 0.3) is 0 Å². The highest BCUT2D eigenvalue weighted by Gasteiger charge is 2.20. The fourth-order valence-electron chi connectivity index (χ4n) is 3.35. The summed E-state index contributed by atoms with van der Waals surface area (Å²) in [6.45, 7) is 7.31. The van der Waals surface area contributed by atoms with E-state index in [1.807, 2.05) is 37.3 Å². The number of nitrogens with one attached hydrogen (secondary N) is 1. The third kappa shape index (κ3) is 4.34. The van der Waals surface area contributed by atoms with E-state index in [-0.39, 0.29) is 5.91 Å². The number of nitrogens with zero attached hydrogens (tertiary/aromatic N) is 5. The SMILES string of the molecule is Cc1ccc(NC(=O)c2ccnc(N3CCN(c4ncccn4)CC3)c2)cc1C. The van der Waals surface area contributed by atoms with Crippen molar-refractivity contribution in [3.63, 3.8) is 0 Å². The van der Waals surface area contributed by atoms with Crippen molar-refractivity contribution < 1.29 is 4.79 Å². The Morgan fingerprint density at radius 2 is 1.59 bits per heavy atom. The van der Waals surface area contributed by atoms with Crippen LogP contribution >= 0.6 is 0 Å². The van der Waals surface area contributed by atoms with E-state index in [9.17, 15) is 4.79 Å². The number of rotatable bonds is 4. The number of piperazine rings is 1. The van der Waals surface area contributed by atoms with Crippen LogP contribution in [-0.2, 0) is 0 Å². The largest absolute Gasteiger partial charge is 0.353 e. The lowest BCUT2D eigenvalue weighted by atomic mass is 10.1. The Labute approximate surface area is 170 Å². The molecule has 148 valence electrons. The average Bonchev–Trinajstić information content (AvgIpc) is 2.77. The van der Waals surface area contributed by atoms with Gasteiger partial charge in [0, 0.05) is 56.0 Å². The predicted octanol–water partition coefficient (Wildman–Crippen LogP) is 3.07. The number of amides is 1. The van der Waals surface area contributed by atoms with Gasteiger partial charge in [0.15, 0.2) is 0 Å². The lowest BCUT2D eigenvalue weighted by Crippen LogP contribution is -2.47. The maximum absolute atomic E-state index is 12.7. The van der Waals surface area contributed by atoms with E-state index in [1.165, 1.54) is 5.56 Å². The first kappa shape index (κ1) is 18.9. The monoisotopic (exact) mass is 388 g/mol. The van der Waals surface area contributed by atoms with Crippen molar-refractivity contribution in [3.05, 3.63) is 71.7 Å². The highest BCUT2D eigenvalue weighted by molar-refractivity contribution is 6.04. The molecule has 7 heteroatoms. The molecule has 0 radical (unpaired) electrons. The van der Waals surface area contributed by atoms with Gasteiger partial charge in [-0.1, -0.05) is 6.07 Å². The summed E-state index contributed by atoms with van der Waals surface area (Å²) in [5, 5.41) is 2.97. The molecule has 0 saturated carbocycles. The summed E-state index contributed by atoms with van der Waals surface area (Å²) in [7, 11) is 0. The summed E-state index contributed by atoms with van der Waals surface area (Å²) in [6, 6.07) is 11.3. The zero-order valence-electron chi connectivity index (χ0n) is 16.7. The molecule has 3 heterocycles. The van der Waals surface area contributed by atoms with Crippen LogP contribution in [-0.4, -0.2) is 47.0 Å². The van der Waals surface area contributed by atoms with Crippen LogP contribution in [0.1, 0.15) is 21.5 Å². The van der Waals surface area contributed by atoms with Gasteiger partial charge in [0.05, 0.1) is 0 Å². The van der Waals surface area contributed by atoms with Gasteiger partial charge in [-0.2, -0.15) is 0 Å². The minimum Gasteiger partial charge on any atom is -0.353 e. The van der Waals surface area contributed by atoms with Gasteiger partial charge in [-0.15, -0.1) is 0 Å². The highest BCUT2D eigenvalue weighted by Crippen LogP contribution is 2.19. The van der Waals surface area contributed by atoms with Crippen molar-refractivity contribution in [2.75, 3.05) is 41.3 Å². The van der Waals surface area contributed by atoms with Gasteiger partial charge in [0.2, 0.25) is 5.95 Å². The molecule has 1 amide bonds. The zero-order chi connectivity index (χ0) is 20.2. The average molecular weight is 388 g/mol. The normalized spacial score (nSPS) is 14.0. The molecule has 2 aromatic heterocycles. The van der Waals surface area contributed by atoms with Crippen molar-refractivity contribution in [2.24, 2.45) is 0 Å². The van der Waals surface area contributed by atoms with Gasteiger partial charge in [0.25, 0.3) is 5.91 Å². The molecule has 3 aromatic rings. The van der Waals surface area contributed by atoms with Crippen molar-refractivity contribution in [1.29, 1.82) is 0 Å². The Morgan fingerprint density at radius 1 is 0.862 bits per heavy atom. The molecule has 0 bridgehead atoms. The molecule has 7 nitrogen and oxygen atoms in total. The van der Waals surface area contributed by atoms with Crippen LogP contribution in [0.5, 0.6) is 0 Å². The number of anilines is 3. The Hall–Kier alpha value is -3.48. The summed E-state index contributed by atoms with van der Waals surface area (Å²) in [5.41, 5.74) is 3.75. The Balaban J connectivity index is 1.42. The van der Waals surface area contributed by atoms with Crippen molar-refractivity contribution in [2.45, 2.75) is 13.8 Å². The van der Waals surface area contributed by atoms with Crippen LogP contribution in [0.4, 0.5) is 17.5 Å². The van der Waals surface area contributed by atoms with E-state index >= 15 is 0 Å². The van der Waals surface area contributed by atoms with Gasteiger partial charge < -0.3 is 15.1 Å². The Morgan fingerprint density at radius 3 is 2.31 bits per heavy atom. The summed E-state index contributed by atoms with van der Waals surface area (Å²) in [5.74, 6) is 1.43. The van der Waals surface area contributed by atoms with Crippen molar-refractivity contribution >= 4 is 23.4 Å². The zero-order valence-corrected chi connectivity index (χ0v) is 16.7. The van der Waals surface area contributed by atoms with E-state index in [4.69, 9.17) is 0 Å². The van der Waals surface area contributed by atoms with Gasteiger partial charge in [0.1, 0.15) is 5.82 Å². The van der Waals surface area contributed by atoms with E-state index in [2.05, 4.69) is 37.0 Å². The summed E-state index contributed by atoms with van der Waals surface area (Å²) in [6.07, 6.45) is 5.21. The highest BCUT2D eigenvalue weighted by atomic mass is 16.1. The summed E-state index contributed by atoms with van der Waals surface area (Å²) >= 11 is 0. The minimum atomic E-state index is -0.131. The maximum atomic E-state index is 12.7. The third-order valence-electron chi connectivity index (χ3n) is 5.21. The number of carbonyl (C=O) groups excluding carboxylic acids is 1. The number of carbonyl (C=O) groups is 1. The van der Waals surface area contributed by atoms with Crippen LogP contribution in [0.2, 0.25) is 0 Å². The van der Waals surface area contributed by atoms with Crippen LogP contribution in [0, 0.1) is 13.8 Å². The fraction of sp³-hybridized carbons (Fsp3) is 0.273. The third-order valence-corrected chi connectivity index (χ3v) is 5.21. The number of aromatic nitrogens is 3. The maximum Gasteiger partial charge on any atom is 0.255 e. The number of hydrogen-bond donors (Lipinski definition) is 1. The number of hydrogen-bond acceptors (Lipinski definition) is 6. The molecule has 1 N–H and O–H groups in total. The Bertz CT molecular complexity index is 999. The molecular weight excluding hydrogens is 364 g/mol. The molecule has 1 fully saturated rings. The van der Waals surface area contributed by atoms with E-state index in [0.717, 1.165) is 49.2 Å². The molecule has 1 aliphatic rings. The quantitative estimate of drug-likeness (QED) is 0.740. The second-order valence-electron chi connectivity index (χ2n) is 7.18. The van der Waals surface area contributed by atoms with Crippen LogP contribution < -0.4 is 15.1 Å². The van der Waals surface area contributed by atoms with Gasteiger partial charge in [-0.05, 0) is 55.3 Å². The first-order valence-electron chi connectivity index (χ1n) is 9.72. The molecule has 29 heavy (non-hydrogen) atoms. The summed E-state index contributed by atoms with van der Waals surface area (Å²) < 4.78 is 0. The first-order valence-corrected chi connectivity index (χ1v) is 9.72. The van der Waals surface area contributed by atoms with Crippen LogP contribution in [0.15, 0.2) is 55.0 Å². The predicted molar refractivity (Wildman–Crippen MR) is 115 cm³/mol. The smallest absolute Gasteiger partial charge is 0.255 e. The second kappa shape index (κ2) is 8.26. The molecular formula is C22H24N6O. The topological polar surface area (TPSA) is 74.2 Å². The minimum absolute atomic E-state index is 0.131. The fourth-order valence-corrected chi connectivity index (χ4v) is 3.35. The molecule has 0 atom stereocenters. The number of aryl methyl sites for hydroxylation is 2. The van der Waals surface area contributed by atoms with Gasteiger partial charge in [-0.3, -0.25) is 4.79 Å². The second-order valence-corrected chi connectivity index (χ2v) is 7.18. The molecule has 4 rings (SSSR count). The van der Waals surface area contributed by atoms with E-state index in [0.29, 0.717) is 5.56 Å². The number of pyridine rings is 1. The standard InChI is InChI=1S/C22H24N6O/c1-16-4-5-19(14-17(16)2)26-21(29)18-6-9-23-20(15-18)27-10-12-28(13-11-27)22-24-7-3-8-25-22/h3-9,14-15H,10-13H2,1-2H3,(H,26,29). The van der Waals surface area contributed by atoms with Gasteiger partial charge in [-0.25, -0.2) is 15.0 Å². The molecule has 1 aromatic carbocycles. The first-order chi connectivity index (χ1) is 14.1. The molecule has 0 aliphatic carbocycles. The lowest BCUT2D eigenvalue weighted by molar-refractivity contribution is 0.102. The molecule has 0 spiro atoms. The lowest BCUT2D eigenvalue weighted by Gasteiger charge is -2.35. The van der Waals surface area contributed by atoms with Crippen molar-refractivity contribution in [3.8, 4) is 0 Å². The molecule has 0 unspecified atom stereocenters. The number of benzene rings is 1. The molecule has 1 aliphatic heterocycles. The van der Waals surface area contributed by atoms with E-state index < -0.39 is 0 Å².